The highest BCUT2D eigenvalue weighted by atomic mass is 32.2. The van der Waals surface area contributed by atoms with Crippen LogP contribution in [0.25, 0.3) is 0 Å². The quantitative estimate of drug-likeness (QED) is 0.624. The Labute approximate surface area is 95.6 Å². The molecule has 16 heavy (non-hydrogen) atoms. The van der Waals surface area contributed by atoms with Crippen molar-refractivity contribution in [3.8, 4) is 0 Å². The van der Waals surface area contributed by atoms with Crippen molar-refractivity contribution < 1.29 is 17.9 Å². The normalized spacial score (nSPS) is 25.6. The van der Waals surface area contributed by atoms with E-state index in [4.69, 9.17) is 9.88 Å². The van der Waals surface area contributed by atoms with Crippen LogP contribution >= 0.6 is 0 Å². The van der Waals surface area contributed by atoms with E-state index in [1.165, 1.54) is 0 Å². The molecule has 0 spiro atoms. The Balaban J connectivity index is 2.16. The predicted molar refractivity (Wildman–Crippen MR) is 59.1 cm³/mol. The summed E-state index contributed by atoms with van der Waals surface area (Å²) in [4.78, 5) is 11.5. The zero-order chi connectivity index (χ0) is 12.2. The SMILES string of the molecule is CC1CC(C(=O)NCCCS(N)(=O)=O)CO1. The van der Waals surface area contributed by atoms with Crippen LogP contribution in [0.5, 0.6) is 0 Å². The zero-order valence-corrected chi connectivity index (χ0v) is 10.1. The number of rotatable bonds is 5. The molecular weight excluding hydrogens is 232 g/mol. The van der Waals surface area contributed by atoms with Crippen molar-refractivity contribution >= 4 is 15.9 Å². The summed E-state index contributed by atoms with van der Waals surface area (Å²) in [6.45, 7) is 2.70. The number of primary sulfonamides is 1. The maximum Gasteiger partial charge on any atom is 0.225 e. The number of nitrogens with two attached hydrogens (primary N) is 1. The van der Waals surface area contributed by atoms with Gasteiger partial charge in [0, 0.05) is 6.54 Å². The summed E-state index contributed by atoms with van der Waals surface area (Å²) < 4.78 is 26.5. The smallest absolute Gasteiger partial charge is 0.225 e. The Hall–Kier alpha value is -0.660. The lowest BCUT2D eigenvalue weighted by molar-refractivity contribution is -0.124. The van der Waals surface area contributed by atoms with Crippen LogP contribution in [-0.2, 0) is 19.6 Å². The van der Waals surface area contributed by atoms with E-state index in [1.54, 1.807) is 0 Å². The third-order valence-electron chi connectivity index (χ3n) is 2.47. The van der Waals surface area contributed by atoms with Gasteiger partial charge in [-0.2, -0.15) is 0 Å². The van der Waals surface area contributed by atoms with Gasteiger partial charge in [-0.3, -0.25) is 4.79 Å². The summed E-state index contributed by atoms with van der Waals surface area (Å²) in [5.74, 6) is -0.284. The largest absolute Gasteiger partial charge is 0.378 e. The van der Waals surface area contributed by atoms with Crippen LogP contribution in [0.1, 0.15) is 19.8 Å². The fraction of sp³-hybridized carbons (Fsp3) is 0.889. The van der Waals surface area contributed by atoms with Crippen molar-refractivity contribution in [3.63, 3.8) is 0 Å². The van der Waals surface area contributed by atoms with Crippen LogP contribution < -0.4 is 10.5 Å². The molecule has 0 radical (unpaired) electrons. The number of carbonyl (C=O) groups excluding carboxylic acids is 1. The summed E-state index contributed by atoms with van der Waals surface area (Å²) in [6.07, 6.45) is 1.19. The Morgan fingerprint density at radius 3 is 2.75 bits per heavy atom. The number of hydrogen-bond acceptors (Lipinski definition) is 4. The predicted octanol–water partition coefficient (Wildman–Crippen LogP) is -0.794. The number of carbonyl (C=O) groups is 1. The molecule has 2 atom stereocenters. The summed E-state index contributed by atoms with van der Waals surface area (Å²) in [6, 6.07) is 0. The molecule has 0 bridgehead atoms. The van der Waals surface area contributed by atoms with Crippen molar-refractivity contribution in [1.29, 1.82) is 0 Å². The highest BCUT2D eigenvalue weighted by Crippen LogP contribution is 2.18. The van der Waals surface area contributed by atoms with Gasteiger partial charge >= 0.3 is 0 Å². The van der Waals surface area contributed by atoms with E-state index in [0.717, 1.165) is 6.42 Å². The molecule has 6 nitrogen and oxygen atoms in total. The molecule has 2 unspecified atom stereocenters. The van der Waals surface area contributed by atoms with Crippen LogP contribution in [-0.4, -0.2) is 39.3 Å². The lowest BCUT2D eigenvalue weighted by atomic mass is 10.1. The van der Waals surface area contributed by atoms with Gasteiger partial charge in [-0.25, -0.2) is 13.6 Å². The third-order valence-corrected chi connectivity index (χ3v) is 3.33. The van der Waals surface area contributed by atoms with E-state index < -0.39 is 10.0 Å². The molecule has 0 aromatic carbocycles. The second kappa shape index (κ2) is 5.60. The Bertz CT molecular complexity index is 341. The number of hydrogen-bond donors (Lipinski definition) is 2. The minimum atomic E-state index is -3.43. The molecule has 7 heteroatoms. The molecule has 94 valence electrons. The standard InChI is InChI=1S/C9H18N2O4S/c1-7-5-8(6-15-7)9(12)11-3-2-4-16(10,13)14/h7-8H,2-6H2,1H3,(H,11,12)(H2,10,13,14). The Morgan fingerprint density at radius 1 is 1.56 bits per heavy atom. The van der Waals surface area contributed by atoms with E-state index in [1.807, 2.05) is 6.92 Å². The van der Waals surface area contributed by atoms with Gasteiger partial charge in [0.2, 0.25) is 15.9 Å². The van der Waals surface area contributed by atoms with E-state index in [2.05, 4.69) is 5.32 Å². The molecular formula is C9H18N2O4S. The number of nitrogens with one attached hydrogen (secondary N) is 1. The first-order valence-corrected chi connectivity index (χ1v) is 7.00. The minimum absolute atomic E-state index is 0.0706. The van der Waals surface area contributed by atoms with Crippen LogP contribution in [0.2, 0.25) is 0 Å². The van der Waals surface area contributed by atoms with Crippen LogP contribution in [0.15, 0.2) is 0 Å². The molecule has 1 aliphatic rings. The molecule has 0 saturated carbocycles. The highest BCUT2D eigenvalue weighted by Gasteiger charge is 2.27. The van der Waals surface area contributed by atoms with Crippen LogP contribution in [0.3, 0.4) is 0 Å². The second-order valence-corrected chi connectivity index (χ2v) is 5.82. The molecule has 1 heterocycles. The van der Waals surface area contributed by atoms with Gasteiger partial charge in [-0.1, -0.05) is 0 Å². The zero-order valence-electron chi connectivity index (χ0n) is 9.31. The van der Waals surface area contributed by atoms with E-state index in [9.17, 15) is 13.2 Å². The number of amides is 1. The monoisotopic (exact) mass is 250 g/mol. The van der Waals surface area contributed by atoms with Crippen molar-refractivity contribution in [2.45, 2.75) is 25.9 Å². The van der Waals surface area contributed by atoms with Gasteiger partial charge < -0.3 is 10.1 Å². The fourth-order valence-electron chi connectivity index (χ4n) is 1.63. The van der Waals surface area contributed by atoms with Crippen LogP contribution in [0.4, 0.5) is 0 Å². The molecule has 0 aromatic rings. The first-order chi connectivity index (χ1) is 7.38. The molecule has 0 aliphatic carbocycles. The van der Waals surface area contributed by atoms with Gasteiger partial charge in [-0.05, 0) is 19.8 Å². The molecule has 1 saturated heterocycles. The van der Waals surface area contributed by atoms with Gasteiger partial charge in [0.15, 0.2) is 0 Å². The topological polar surface area (TPSA) is 98.5 Å². The maximum absolute atomic E-state index is 11.5. The molecule has 1 amide bonds. The lowest BCUT2D eigenvalue weighted by Gasteiger charge is -2.08. The average molecular weight is 250 g/mol. The van der Waals surface area contributed by atoms with E-state index in [-0.39, 0.29) is 23.7 Å². The number of sulfonamides is 1. The molecule has 1 fully saturated rings. The van der Waals surface area contributed by atoms with Gasteiger partial charge in [0.05, 0.1) is 24.4 Å². The lowest BCUT2D eigenvalue weighted by Crippen LogP contribution is -2.33. The molecule has 0 aromatic heterocycles. The van der Waals surface area contributed by atoms with E-state index in [0.29, 0.717) is 19.6 Å². The summed E-state index contributed by atoms with van der Waals surface area (Å²) in [7, 11) is -3.43. The number of ether oxygens (including phenoxy) is 1. The Morgan fingerprint density at radius 2 is 2.25 bits per heavy atom. The van der Waals surface area contributed by atoms with Crippen molar-refractivity contribution in [3.05, 3.63) is 0 Å². The van der Waals surface area contributed by atoms with Crippen molar-refractivity contribution in [1.82, 2.24) is 5.32 Å². The first kappa shape index (κ1) is 13.4. The summed E-state index contributed by atoms with van der Waals surface area (Å²) in [5, 5.41) is 7.51. The Kier molecular flexibility index (Phi) is 4.69. The molecule has 1 rings (SSSR count). The van der Waals surface area contributed by atoms with Gasteiger partial charge in [0.1, 0.15) is 0 Å². The molecule has 1 aliphatic heterocycles. The van der Waals surface area contributed by atoms with Gasteiger partial charge in [0.25, 0.3) is 0 Å². The fourth-order valence-corrected chi connectivity index (χ4v) is 2.18. The minimum Gasteiger partial charge on any atom is -0.378 e. The summed E-state index contributed by atoms with van der Waals surface area (Å²) in [5.41, 5.74) is 0. The van der Waals surface area contributed by atoms with Crippen molar-refractivity contribution in [2.75, 3.05) is 18.9 Å². The average Bonchev–Trinajstić information content (AvgIpc) is 2.57. The second-order valence-electron chi connectivity index (χ2n) is 4.09. The van der Waals surface area contributed by atoms with E-state index >= 15 is 0 Å². The molecule has 3 N–H and O–H groups in total. The first-order valence-electron chi connectivity index (χ1n) is 5.28. The van der Waals surface area contributed by atoms with Crippen molar-refractivity contribution in [2.24, 2.45) is 11.1 Å². The maximum atomic E-state index is 11.5. The highest BCUT2D eigenvalue weighted by molar-refractivity contribution is 7.89. The van der Waals surface area contributed by atoms with Gasteiger partial charge in [-0.15, -0.1) is 0 Å². The third kappa shape index (κ3) is 4.91. The van der Waals surface area contributed by atoms with Crippen LogP contribution in [0, 0.1) is 5.92 Å². The summed E-state index contributed by atoms with van der Waals surface area (Å²) >= 11 is 0.